The molecule has 0 saturated heterocycles. The summed E-state index contributed by atoms with van der Waals surface area (Å²) in [5, 5.41) is 0. The lowest BCUT2D eigenvalue weighted by molar-refractivity contribution is 0.218. The van der Waals surface area contributed by atoms with Crippen molar-refractivity contribution in [3.63, 3.8) is 0 Å². The van der Waals surface area contributed by atoms with Crippen LogP contribution in [-0.2, 0) is 0 Å². The van der Waals surface area contributed by atoms with Crippen molar-refractivity contribution in [2.24, 2.45) is 10.8 Å². The summed E-state index contributed by atoms with van der Waals surface area (Å²) >= 11 is 0. The van der Waals surface area contributed by atoms with Gasteiger partial charge in [-0.05, 0) is 11.8 Å². The lowest BCUT2D eigenvalue weighted by atomic mass is 9.76. The summed E-state index contributed by atoms with van der Waals surface area (Å²) in [5.74, 6) is -0.215. The molecule has 0 aliphatic carbocycles. The molecule has 0 amide bonds. The van der Waals surface area contributed by atoms with Crippen molar-refractivity contribution in [3.05, 3.63) is 12.4 Å². The van der Waals surface area contributed by atoms with Gasteiger partial charge in [-0.1, -0.05) is 41.2 Å². The third-order valence-electron chi connectivity index (χ3n) is 1.71. The van der Waals surface area contributed by atoms with E-state index in [1.54, 1.807) is 0 Å². The fourth-order valence-electron chi connectivity index (χ4n) is 1.42. The summed E-state index contributed by atoms with van der Waals surface area (Å²) < 4.78 is 12.8. The highest BCUT2D eigenvalue weighted by Gasteiger charge is 2.28. The normalized spacial score (nSPS) is 13.3. The number of hydrogen-bond donors (Lipinski definition) is 0. The third-order valence-corrected chi connectivity index (χ3v) is 1.71. The Morgan fingerprint density at radius 2 is 1.55 bits per heavy atom. The van der Waals surface area contributed by atoms with Gasteiger partial charge >= 0.3 is 0 Å². The first-order valence-corrected chi connectivity index (χ1v) is 4.00. The van der Waals surface area contributed by atoms with Gasteiger partial charge in [0.25, 0.3) is 0 Å². The van der Waals surface area contributed by atoms with E-state index in [4.69, 9.17) is 0 Å². The molecule has 0 aromatic carbocycles. The third kappa shape index (κ3) is 4.18. The Bertz CT molecular complexity index is 149. The van der Waals surface area contributed by atoms with Crippen LogP contribution in [0.3, 0.4) is 0 Å². The first kappa shape index (κ1) is 10.7. The maximum atomic E-state index is 12.8. The maximum absolute atomic E-state index is 12.8. The monoisotopic (exact) mass is 158 g/mol. The lowest BCUT2D eigenvalue weighted by Gasteiger charge is -2.30. The van der Waals surface area contributed by atoms with E-state index in [0.717, 1.165) is 6.42 Å². The van der Waals surface area contributed by atoms with Gasteiger partial charge in [0.2, 0.25) is 0 Å². The zero-order valence-electron chi connectivity index (χ0n) is 8.29. The molecule has 66 valence electrons. The Morgan fingerprint density at radius 3 is 1.64 bits per heavy atom. The summed E-state index contributed by atoms with van der Waals surface area (Å²) in [4.78, 5) is 0. The van der Waals surface area contributed by atoms with Gasteiger partial charge < -0.3 is 0 Å². The first-order chi connectivity index (χ1) is 4.65. The lowest BCUT2D eigenvalue weighted by Crippen LogP contribution is -2.20. The van der Waals surface area contributed by atoms with Gasteiger partial charge in [-0.3, -0.25) is 0 Å². The average Bonchev–Trinajstić information content (AvgIpc) is 1.56. The summed E-state index contributed by atoms with van der Waals surface area (Å²) in [5.41, 5.74) is -0.212. The van der Waals surface area contributed by atoms with Crippen LogP contribution in [0.25, 0.3) is 0 Å². The largest absolute Gasteiger partial charge is 0.212 e. The molecule has 0 bridgehead atoms. The zero-order chi connectivity index (χ0) is 9.28. The van der Waals surface area contributed by atoms with Crippen LogP contribution in [0.5, 0.6) is 0 Å². The molecule has 11 heavy (non-hydrogen) atoms. The maximum Gasteiger partial charge on any atom is 0.0984 e. The molecule has 0 aliphatic heterocycles. The smallest absolute Gasteiger partial charge is 0.0984 e. The Morgan fingerprint density at radius 1 is 1.18 bits per heavy atom. The summed E-state index contributed by atoms with van der Waals surface area (Å²) in [6.45, 7) is 13.4. The quantitative estimate of drug-likeness (QED) is 0.571. The predicted molar refractivity (Wildman–Crippen MR) is 48.1 cm³/mol. The highest BCUT2D eigenvalue weighted by atomic mass is 19.1. The van der Waals surface area contributed by atoms with Gasteiger partial charge in [0.15, 0.2) is 0 Å². The Labute approximate surface area is 69.5 Å². The highest BCUT2D eigenvalue weighted by Crippen LogP contribution is 2.38. The van der Waals surface area contributed by atoms with E-state index in [-0.39, 0.29) is 16.7 Å². The molecule has 0 spiro atoms. The fourth-order valence-corrected chi connectivity index (χ4v) is 1.42. The summed E-state index contributed by atoms with van der Waals surface area (Å²) in [7, 11) is 0. The Hall–Kier alpha value is -0.330. The second kappa shape index (κ2) is 2.96. The van der Waals surface area contributed by atoms with Crippen LogP contribution in [0.4, 0.5) is 4.39 Å². The molecule has 0 saturated carbocycles. The minimum atomic E-state index is -0.377. The SMILES string of the molecule is C=C(F)C(C)(C)CC(C)(C)C. The molecule has 0 N–H and O–H groups in total. The van der Waals surface area contributed by atoms with Crippen molar-refractivity contribution in [1.82, 2.24) is 0 Å². The second-order valence-corrected chi connectivity index (χ2v) is 5.03. The molecule has 1 heteroatoms. The topological polar surface area (TPSA) is 0 Å². The van der Waals surface area contributed by atoms with Gasteiger partial charge in [-0.15, -0.1) is 0 Å². The minimum Gasteiger partial charge on any atom is -0.212 e. The number of halogens is 1. The van der Waals surface area contributed by atoms with E-state index < -0.39 is 0 Å². The van der Waals surface area contributed by atoms with Crippen LogP contribution in [0.15, 0.2) is 12.4 Å². The van der Waals surface area contributed by atoms with E-state index in [0.29, 0.717) is 0 Å². The van der Waals surface area contributed by atoms with Crippen LogP contribution in [0.1, 0.15) is 41.0 Å². The second-order valence-electron chi connectivity index (χ2n) is 5.03. The fraction of sp³-hybridized carbons (Fsp3) is 0.800. The molecular weight excluding hydrogens is 139 g/mol. The van der Waals surface area contributed by atoms with E-state index in [2.05, 4.69) is 27.4 Å². The van der Waals surface area contributed by atoms with E-state index >= 15 is 0 Å². The van der Waals surface area contributed by atoms with E-state index in [9.17, 15) is 4.39 Å². The molecule has 0 aromatic rings. The number of allylic oxidation sites excluding steroid dienone is 1. The van der Waals surface area contributed by atoms with Crippen LogP contribution in [-0.4, -0.2) is 0 Å². The molecule has 0 rings (SSSR count). The van der Waals surface area contributed by atoms with Crippen molar-refractivity contribution >= 4 is 0 Å². The molecule has 0 aromatic heterocycles. The average molecular weight is 158 g/mol. The van der Waals surface area contributed by atoms with Crippen LogP contribution in [0.2, 0.25) is 0 Å². The van der Waals surface area contributed by atoms with Gasteiger partial charge in [-0.25, -0.2) is 4.39 Å². The predicted octanol–water partition coefficient (Wildman–Crippen LogP) is 3.93. The molecule has 0 heterocycles. The van der Waals surface area contributed by atoms with Crippen molar-refractivity contribution in [2.45, 2.75) is 41.0 Å². The number of rotatable bonds is 2. The molecule has 0 nitrogen and oxygen atoms in total. The highest BCUT2D eigenvalue weighted by molar-refractivity contribution is 4.98. The summed E-state index contributed by atoms with van der Waals surface area (Å²) in [6, 6.07) is 0. The van der Waals surface area contributed by atoms with Crippen molar-refractivity contribution in [1.29, 1.82) is 0 Å². The van der Waals surface area contributed by atoms with Gasteiger partial charge in [-0.2, -0.15) is 0 Å². The van der Waals surface area contributed by atoms with Crippen molar-refractivity contribution in [2.75, 3.05) is 0 Å². The molecule has 0 unspecified atom stereocenters. The molecule has 0 fully saturated rings. The Kier molecular flexibility index (Phi) is 2.87. The van der Waals surface area contributed by atoms with Crippen LogP contribution < -0.4 is 0 Å². The van der Waals surface area contributed by atoms with Crippen molar-refractivity contribution < 1.29 is 4.39 Å². The van der Waals surface area contributed by atoms with Crippen LogP contribution >= 0.6 is 0 Å². The molecular formula is C10H19F. The zero-order valence-corrected chi connectivity index (χ0v) is 8.29. The van der Waals surface area contributed by atoms with Crippen molar-refractivity contribution in [3.8, 4) is 0 Å². The minimum absolute atomic E-state index is 0.165. The first-order valence-electron chi connectivity index (χ1n) is 4.00. The van der Waals surface area contributed by atoms with Gasteiger partial charge in [0.05, 0.1) is 5.83 Å². The summed E-state index contributed by atoms with van der Waals surface area (Å²) in [6.07, 6.45) is 0.829. The number of hydrogen-bond acceptors (Lipinski definition) is 0. The molecule has 0 aliphatic rings. The van der Waals surface area contributed by atoms with Crippen LogP contribution in [0, 0.1) is 10.8 Å². The Balaban J connectivity index is 4.25. The molecule has 0 atom stereocenters. The molecule has 0 radical (unpaired) electrons. The van der Waals surface area contributed by atoms with Gasteiger partial charge in [0, 0.05) is 5.41 Å². The van der Waals surface area contributed by atoms with E-state index in [1.807, 2.05) is 13.8 Å². The van der Waals surface area contributed by atoms with E-state index in [1.165, 1.54) is 0 Å². The van der Waals surface area contributed by atoms with Gasteiger partial charge in [0.1, 0.15) is 0 Å². The standard InChI is InChI=1S/C10H19F/c1-8(11)10(5,6)7-9(2,3)4/h1,7H2,2-6H3.